The smallest absolute Gasteiger partial charge is 0.173 e. The summed E-state index contributed by atoms with van der Waals surface area (Å²) in [5, 5.41) is 19.1. The van der Waals surface area contributed by atoms with Gasteiger partial charge in [0.15, 0.2) is 72.9 Å². The Morgan fingerprint density at radius 3 is 0.674 bits per heavy atom. The quantitative estimate of drug-likeness (QED) is 0.0353. The van der Waals surface area contributed by atoms with Crippen molar-refractivity contribution in [2.24, 2.45) is 0 Å². The van der Waals surface area contributed by atoms with E-state index in [1.54, 1.807) is 56.9 Å². The van der Waals surface area contributed by atoms with Gasteiger partial charge in [0, 0.05) is 11.1 Å². The molecule has 0 heterocycles. The number of hydrogen-bond donors (Lipinski definition) is 2. The van der Waals surface area contributed by atoms with Crippen LogP contribution >= 0.6 is 0 Å². The van der Waals surface area contributed by atoms with Gasteiger partial charge in [-0.25, -0.2) is 0 Å². The predicted molar refractivity (Wildman–Crippen MR) is 410 cm³/mol. The van der Waals surface area contributed by atoms with Gasteiger partial charge in [0.2, 0.25) is 0 Å². The molecule has 6 rings (SSSR count). The molecule has 0 unspecified atom stereocenters. The van der Waals surface area contributed by atoms with Crippen LogP contribution in [-0.2, 0) is 64.1 Å². The average Bonchev–Trinajstić information content (AvgIpc) is 0.981. The first kappa shape index (κ1) is 82.2. The van der Waals surface area contributed by atoms with Crippen molar-refractivity contribution in [1.82, 2.24) is 0 Å². The minimum Gasteiger partial charge on any atom is -0.497 e. The number of methoxy groups -OCH3 is 8. The van der Waals surface area contributed by atoms with Crippen molar-refractivity contribution in [1.29, 1.82) is 0 Å². The van der Waals surface area contributed by atoms with Crippen LogP contribution < -0.4 is 37.9 Å². The third-order valence-corrected chi connectivity index (χ3v) is 40.0. The second kappa shape index (κ2) is 40.6. The molecule has 0 aliphatic carbocycles. The SMILES string of the molecule is COc1ccc(CCC[Si](C)(C)O[Si](C)(C)CCCc2ccc(OC)c(OC)c2)cc1CO.COc1ccc(CCC[Si](C)(C)O[Si](C)(C)CCCc2ccc(OC)c(OC)c2)cc1CO.COc1ccc(CCC[Si](C)(C)O[Si](C)(C)CCCc2ccc(OC)cc2)cc1. The van der Waals surface area contributed by atoms with Gasteiger partial charge in [0.05, 0.1) is 70.1 Å². The lowest BCUT2D eigenvalue weighted by molar-refractivity contribution is 0.273. The summed E-state index contributed by atoms with van der Waals surface area (Å²) < 4.78 is 63.1. The Hall–Kier alpha value is -5.18. The summed E-state index contributed by atoms with van der Waals surface area (Å²) in [7, 11) is 3.18. The molecule has 0 saturated carbocycles. The fourth-order valence-corrected chi connectivity index (χ4v) is 39.3. The largest absolute Gasteiger partial charge is 0.497 e. The van der Waals surface area contributed by atoms with Gasteiger partial charge in [-0.3, -0.25) is 0 Å². The van der Waals surface area contributed by atoms with E-state index in [2.05, 4.69) is 151 Å². The molecule has 6 aromatic rings. The second-order valence-electron chi connectivity index (χ2n) is 28.7. The van der Waals surface area contributed by atoms with Crippen LogP contribution in [0.3, 0.4) is 0 Å². The van der Waals surface area contributed by atoms with Crippen LogP contribution in [-0.4, -0.2) is 117 Å². The Balaban J connectivity index is 0.000000304. The van der Waals surface area contributed by atoms with E-state index >= 15 is 0 Å². The van der Waals surface area contributed by atoms with Crippen molar-refractivity contribution >= 4 is 49.9 Å². The van der Waals surface area contributed by atoms with Crippen molar-refractivity contribution in [2.45, 2.75) is 205 Å². The van der Waals surface area contributed by atoms with E-state index in [9.17, 15) is 10.2 Å². The van der Waals surface area contributed by atoms with Gasteiger partial charge in [0.1, 0.15) is 23.0 Å². The minimum atomic E-state index is -1.74. The third-order valence-electron chi connectivity index (χ3n) is 17.4. The Morgan fingerprint density at radius 2 is 0.453 bits per heavy atom. The number of rotatable bonds is 40. The lowest BCUT2D eigenvalue weighted by Crippen LogP contribution is -2.44. The molecule has 0 fully saturated rings. The standard InChI is InChI=1S/2C26H42O5Si2.C24H38O3Si2/c2*1-28-24-14-12-21(18-23(24)20-27)10-8-16-32(4,5)31-33(6,7)17-9-11-22-13-15-25(29-2)26(19-22)30-3;1-25-23-15-11-21(12-16-23)9-7-19-28(3,4)27-29(5,6)20-8-10-22-13-17-24(26-2)18-14-22/h2*12-15,18-19,27H,8-11,16-17,20H2,1-7H3;11-18H,7-10,19-20H2,1-6H3. The summed E-state index contributed by atoms with van der Waals surface area (Å²) in [6, 6.07) is 48.5. The van der Waals surface area contributed by atoms with Crippen LogP contribution in [0.15, 0.2) is 121 Å². The zero-order valence-corrected chi connectivity index (χ0v) is 68.1. The average molecular weight is 1410 g/mol. The third kappa shape index (κ3) is 31.1. The van der Waals surface area contributed by atoms with E-state index < -0.39 is 49.9 Å². The number of aliphatic hydroxyl groups excluding tert-OH is 2. The maximum Gasteiger partial charge on any atom is 0.173 e. The van der Waals surface area contributed by atoms with Gasteiger partial charge in [0.25, 0.3) is 0 Å². The molecule has 0 aliphatic rings. The predicted octanol–water partition coefficient (Wildman–Crippen LogP) is 19.1. The van der Waals surface area contributed by atoms with Gasteiger partial charge in [-0.05, 0) is 298 Å². The van der Waals surface area contributed by atoms with Crippen LogP contribution in [0.2, 0.25) is 115 Å². The Labute approximate surface area is 580 Å². The fourth-order valence-electron chi connectivity index (χ4n) is 12.7. The summed E-state index contributed by atoms with van der Waals surface area (Å²) in [6.07, 6.45) is 13.1. The van der Waals surface area contributed by atoms with Crippen molar-refractivity contribution in [3.05, 3.63) is 166 Å². The lowest BCUT2D eigenvalue weighted by atomic mass is 10.1. The molecule has 13 nitrogen and oxygen atoms in total. The zero-order chi connectivity index (χ0) is 70.3. The summed E-state index contributed by atoms with van der Waals surface area (Å²) in [4.78, 5) is 0. The molecule has 0 radical (unpaired) electrons. The topological polar surface area (TPSA) is 142 Å². The van der Waals surface area contributed by atoms with E-state index in [1.807, 2.05) is 48.5 Å². The lowest BCUT2D eigenvalue weighted by Gasteiger charge is -2.34. The second-order valence-corrected chi connectivity index (χ2v) is 55.2. The molecule has 528 valence electrons. The molecular weight excluding hydrogens is 1290 g/mol. The van der Waals surface area contributed by atoms with Gasteiger partial charge >= 0.3 is 0 Å². The summed E-state index contributed by atoms with van der Waals surface area (Å²) in [5.74, 6) is 6.48. The molecule has 95 heavy (non-hydrogen) atoms. The molecule has 0 amide bonds. The van der Waals surface area contributed by atoms with E-state index in [4.69, 9.17) is 50.2 Å². The Bertz CT molecular complexity index is 2800. The van der Waals surface area contributed by atoms with Gasteiger partial charge in [-0.15, -0.1) is 0 Å². The molecule has 0 saturated heterocycles. The highest BCUT2D eigenvalue weighted by Crippen LogP contribution is 2.34. The van der Waals surface area contributed by atoms with E-state index in [-0.39, 0.29) is 13.2 Å². The Morgan fingerprint density at radius 1 is 0.242 bits per heavy atom. The van der Waals surface area contributed by atoms with E-state index in [1.165, 1.54) is 58.3 Å². The van der Waals surface area contributed by atoms with Crippen molar-refractivity contribution in [3.8, 4) is 46.0 Å². The molecule has 0 aromatic heterocycles. The summed E-state index contributed by atoms with van der Waals surface area (Å²) in [6.45, 7) is 28.4. The first-order valence-corrected chi connectivity index (χ1v) is 53.0. The summed E-state index contributed by atoms with van der Waals surface area (Å²) >= 11 is 0. The number of aliphatic hydroxyl groups is 2. The van der Waals surface area contributed by atoms with Gasteiger partial charge in [-0.1, -0.05) is 48.5 Å². The zero-order valence-electron chi connectivity index (χ0n) is 62.1. The van der Waals surface area contributed by atoms with Crippen LogP contribution in [0.25, 0.3) is 0 Å². The maximum atomic E-state index is 9.55. The van der Waals surface area contributed by atoms with E-state index in [0.29, 0.717) is 0 Å². The fraction of sp³-hybridized carbons (Fsp3) is 0.526. The molecule has 0 atom stereocenters. The van der Waals surface area contributed by atoms with E-state index in [0.717, 1.165) is 146 Å². The number of aryl methyl sites for hydroxylation is 6. The molecule has 19 heteroatoms. The molecule has 2 N–H and O–H groups in total. The first-order chi connectivity index (χ1) is 45.0. The van der Waals surface area contributed by atoms with Crippen molar-refractivity contribution in [2.75, 3.05) is 56.9 Å². The Kier molecular flexibility index (Phi) is 35.2. The number of hydrogen-bond acceptors (Lipinski definition) is 13. The monoisotopic (exact) mass is 1410 g/mol. The molecule has 0 aliphatic heterocycles. The number of benzene rings is 6. The summed E-state index contributed by atoms with van der Waals surface area (Å²) in [5.41, 5.74) is 9.51. The molecule has 0 spiro atoms. The normalized spacial score (nSPS) is 12.0. The highest BCUT2D eigenvalue weighted by molar-refractivity contribution is 6.86. The maximum absolute atomic E-state index is 9.55. The highest BCUT2D eigenvalue weighted by Gasteiger charge is 2.35. The van der Waals surface area contributed by atoms with Gasteiger partial charge in [-0.2, -0.15) is 0 Å². The first-order valence-electron chi connectivity index (χ1n) is 34.3. The molecule has 6 aromatic carbocycles. The van der Waals surface area contributed by atoms with Crippen LogP contribution in [0.5, 0.6) is 46.0 Å². The minimum absolute atomic E-state index is 0.00344. The highest BCUT2D eigenvalue weighted by atomic mass is 28.4. The van der Waals surface area contributed by atoms with Crippen molar-refractivity contribution < 1.29 is 60.5 Å². The van der Waals surface area contributed by atoms with Crippen molar-refractivity contribution in [3.63, 3.8) is 0 Å². The van der Waals surface area contributed by atoms with Crippen LogP contribution in [0.1, 0.15) is 83.0 Å². The van der Waals surface area contributed by atoms with Crippen LogP contribution in [0.4, 0.5) is 0 Å². The van der Waals surface area contributed by atoms with Crippen LogP contribution in [0, 0.1) is 0 Å². The number of ether oxygens (including phenoxy) is 8. The molecule has 0 bridgehead atoms. The van der Waals surface area contributed by atoms with Gasteiger partial charge < -0.3 is 60.5 Å². The molecular formula is C76H122O13Si6.